The van der Waals surface area contributed by atoms with E-state index < -0.39 is 0 Å². The van der Waals surface area contributed by atoms with Gasteiger partial charge in [0.05, 0.1) is 12.7 Å². The molecule has 0 fully saturated rings. The van der Waals surface area contributed by atoms with Crippen molar-refractivity contribution in [2.45, 2.75) is 24.4 Å². The van der Waals surface area contributed by atoms with Crippen LogP contribution >= 0.6 is 11.8 Å². The van der Waals surface area contributed by atoms with Gasteiger partial charge in [0.2, 0.25) is 0 Å². The second-order valence-electron chi connectivity index (χ2n) is 3.99. The average molecular weight is 293 g/mol. The van der Waals surface area contributed by atoms with Crippen LogP contribution in [0.4, 0.5) is 0 Å². The number of nitrogens with one attached hydrogen (secondary N) is 1. The first kappa shape index (κ1) is 14.4. The summed E-state index contributed by atoms with van der Waals surface area (Å²) in [4.78, 5) is 23.1. The highest BCUT2D eigenvalue weighted by atomic mass is 32.2. The number of nitrogens with zero attached hydrogens (tertiary/aromatic N) is 2. The van der Waals surface area contributed by atoms with Gasteiger partial charge in [-0.15, -0.1) is 5.10 Å². The van der Waals surface area contributed by atoms with Crippen LogP contribution in [0.15, 0.2) is 34.2 Å². The molecule has 106 valence electrons. The quantitative estimate of drug-likeness (QED) is 0.670. The predicted molar refractivity (Wildman–Crippen MR) is 75.9 cm³/mol. The van der Waals surface area contributed by atoms with Crippen molar-refractivity contribution < 1.29 is 9.53 Å². The molecule has 20 heavy (non-hydrogen) atoms. The lowest BCUT2D eigenvalue weighted by molar-refractivity contribution is 0.0600. The Morgan fingerprint density at radius 2 is 2.20 bits per heavy atom. The molecule has 7 heteroatoms. The van der Waals surface area contributed by atoms with Crippen molar-refractivity contribution in [3.05, 3.63) is 45.9 Å². The van der Waals surface area contributed by atoms with Crippen LogP contribution in [-0.2, 0) is 17.0 Å². The molecule has 0 aliphatic carbocycles. The first-order valence-corrected chi connectivity index (χ1v) is 7.10. The molecule has 6 nitrogen and oxygen atoms in total. The Bertz CT molecular complexity index is 663. The Balaban J connectivity index is 2.19. The fourth-order valence-corrected chi connectivity index (χ4v) is 2.80. The summed E-state index contributed by atoms with van der Waals surface area (Å²) < 4.78 is 6.30. The van der Waals surface area contributed by atoms with E-state index in [0.717, 1.165) is 5.56 Å². The number of aromatic amines is 1. The summed E-state index contributed by atoms with van der Waals surface area (Å²) in [5, 5.41) is 6.99. The molecule has 2 aromatic rings. The molecule has 0 spiro atoms. The molecule has 1 heterocycles. The number of ether oxygens (including phenoxy) is 1. The van der Waals surface area contributed by atoms with Crippen LogP contribution in [0.5, 0.6) is 0 Å². The molecule has 1 aromatic carbocycles. The molecule has 0 bridgehead atoms. The lowest BCUT2D eigenvalue weighted by Gasteiger charge is -2.07. The predicted octanol–water partition coefficient (Wildman–Crippen LogP) is 1.67. The minimum Gasteiger partial charge on any atom is -0.465 e. The Morgan fingerprint density at radius 1 is 1.45 bits per heavy atom. The smallest absolute Gasteiger partial charge is 0.343 e. The fourth-order valence-electron chi connectivity index (χ4n) is 1.79. The van der Waals surface area contributed by atoms with E-state index in [1.165, 1.54) is 18.9 Å². The molecular weight excluding hydrogens is 278 g/mol. The minimum atomic E-state index is -0.365. The van der Waals surface area contributed by atoms with E-state index >= 15 is 0 Å². The second kappa shape index (κ2) is 6.42. The number of rotatable bonds is 5. The van der Waals surface area contributed by atoms with Crippen LogP contribution in [0.25, 0.3) is 0 Å². The monoisotopic (exact) mass is 293 g/mol. The van der Waals surface area contributed by atoms with Crippen LogP contribution in [0.1, 0.15) is 22.8 Å². The fraction of sp³-hybridized carbons (Fsp3) is 0.308. The zero-order valence-corrected chi connectivity index (χ0v) is 12.1. The number of hydrogen-bond donors (Lipinski definition) is 1. The average Bonchev–Trinajstić information content (AvgIpc) is 2.84. The van der Waals surface area contributed by atoms with Gasteiger partial charge in [0.15, 0.2) is 5.16 Å². The summed E-state index contributed by atoms with van der Waals surface area (Å²) in [6.45, 7) is 2.43. The lowest BCUT2D eigenvalue weighted by Crippen LogP contribution is -2.16. The largest absolute Gasteiger partial charge is 0.465 e. The van der Waals surface area contributed by atoms with Crippen molar-refractivity contribution in [2.75, 3.05) is 7.11 Å². The van der Waals surface area contributed by atoms with Crippen LogP contribution in [0.2, 0.25) is 0 Å². The van der Waals surface area contributed by atoms with E-state index in [0.29, 0.717) is 23.0 Å². The number of carbonyl (C=O) groups is 1. The normalized spacial score (nSPS) is 10.5. The van der Waals surface area contributed by atoms with E-state index in [-0.39, 0.29) is 11.7 Å². The van der Waals surface area contributed by atoms with Gasteiger partial charge < -0.3 is 4.74 Å². The van der Waals surface area contributed by atoms with E-state index in [1.54, 1.807) is 16.7 Å². The summed E-state index contributed by atoms with van der Waals surface area (Å²) in [5.41, 5.74) is 1.15. The highest BCUT2D eigenvalue weighted by Crippen LogP contribution is 2.22. The van der Waals surface area contributed by atoms with Gasteiger partial charge >= 0.3 is 11.7 Å². The Labute approximate surface area is 120 Å². The molecular formula is C13H15N3O3S. The number of esters is 1. The highest BCUT2D eigenvalue weighted by Gasteiger charge is 2.13. The Hall–Kier alpha value is -2.02. The maximum absolute atomic E-state index is 11.7. The molecule has 1 aromatic heterocycles. The summed E-state index contributed by atoms with van der Waals surface area (Å²) in [7, 11) is 1.36. The molecule has 0 amide bonds. The number of thioether (sulfide) groups is 1. The van der Waals surface area contributed by atoms with Crippen LogP contribution in [0, 0.1) is 0 Å². The van der Waals surface area contributed by atoms with Gasteiger partial charge in [-0.3, -0.25) is 4.57 Å². The summed E-state index contributed by atoms with van der Waals surface area (Å²) in [6, 6.07) is 7.23. The van der Waals surface area contributed by atoms with Crippen molar-refractivity contribution >= 4 is 17.7 Å². The van der Waals surface area contributed by atoms with E-state index in [4.69, 9.17) is 4.74 Å². The third kappa shape index (κ3) is 2.93. The van der Waals surface area contributed by atoms with Crippen molar-refractivity contribution in [3.63, 3.8) is 0 Å². The van der Waals surface area contributed by atoms with Gasteiger partial charge in [0, 0.05) is 12.3 Å². The molecule has 0 unspecified atom stereocenters. The maximum atomic E-state index is 11.7. The van der Waals surface area contributed by atoms with Crippen molar-refractivity contribution in [1.82, 2.24) is 14.8 Å². The second-order valence-corrected chi connectivity index (χ2v) is 4.94. The number of H-pyrrole nitrogens is 1. The summed E-state index contributed by atoms with van der Waals surface area (Å²) in [5.74, 6) is 0.173. The highest BCUT2D eigenvalue weighted by molar-refractivity contribution is 7.98. The third-order valence-electron chi connectivity index (χ3n) is 2.82. The van der Waals surface area contributed by atoms with E-state index in [9.17, 15) is 9.59 Å². The topological polar surface area (TPSA) is 77.0 Å². The van der Waals surface area contributed by atoms with Gasteiger partial charge in [0.1, 0.15) is 0 Å². The molecule has 0 aliphatic rings. The van der Waals surface area contributed by atoms with E-state index in [1.807, 2.05) is 19.1 Å². The first-order chi connectivity index (χ1) is 9.67. The molecule has 0 saturated carbocycles. The van der Waals surface area contributed by atoms with Crippen LogP contribution < -0.4 is 5.69 Å². The molecule has 0 atom stereocenters. The molecule has 2 rings (SSSR count). The SMILES string of the molecule is CCn1c(SCc2ccccc2C(=O)OC)n[nH]c1=O. The number of benzene rings is 1. The van der Waals surface area contributed by atoms with Gasteiger partial charge in [0.25, 0.3) is 0 Å². The molecule has 1 N–H and O–H groups in total. The van der Waals surface area contributed by atoms with Gasteiger partial charge in [-0.25, -0.2) is 14.7 Å². The van der Waals surface area contributed by atoms with Crippen molar-refractivity contribution in [1.29, 1.82) is 0 Å². The van der Waals surface area contributed by atoms with Crippen LogP contribution in [-0.4, -0.2) is 27.8 Å². The molecule has 0 aliphatic heterocycles. The maximum Gasteiger partial charge on any atom is 0.343 e. The number of carbonyl (C=O) groups excluding carboxylic acids is 1. The van der Waals surface area contributed by atoms with Gasteiger partial charge in [-0.05, 0) is 18.6 Å². The zero-order valence-electron chi connectivity index (χ0n) is 11.3. The first-order valence-electron chi connectivity index (χ1n) is 6.11. The Morgan fingerprint density at radius 3 is 2.90 bits per heavy atom. The number of aromatic nitrogens is 3. The van der Waals surface area contributed by atoms with Gasteiger partial charge in [-0.1, -0.05) is 30.0 Å². The van der Waals surface area contributed by atoms with Gasteiger partial charge in [-0.2, -0.15) is 0 Å². The zero-order chi connectivity index (χ0) is 14.5. The number of methoxy groups -OCH3 is 1. The lowest BCUT2D eigenvalue weighted by atomic mass is 10.1. The molecule has 0 saturated heterocycles. The third-order valence-corrected chi connectivity index (χ3v) is 3.84. The summed E-state index contributed by atoms with van der Waals surface area (Å²) in [6.07, 6.45) is 0. The minimum absolute atomic E-state index is 0.226. The van der Waals surface area contributed by atoms with Crippen molar-refractivity contribution in [3.8, 4) is 0 Å². The Kier molecular flexibility index (Phi) is 4.62. The summed E-state index contributed by atoms with van der Waals surface area (Å²) >= 11 is 1.40. The standard InChI is InChI=1S/C13H15N3O3S/c1-3-16-12(18)14-15-13(16)20-8-9-6-4-5-7-10(9)11(17)19-2/h4-7H,3,8H2,1-2H3,(H,14,18). The van der Waals surface area contributed by atoms with E-state index in [2.05, 4.69) is 10.2 Å². The van der Waals surface area contributed by atoms with Crippen molar-refractivity contribution in [2.24, 2.45) is 0 Å². The number of hydrogen-bond acceptors (Lipinski definition) is 5. The van der Waals surface area contributed by atoms with Crippen LogP contribution in [0.3, 0.4) is 0 Å². The molecule has 0 radical (unpaired) electrons.